The van der Waals surface area contributed by atoms with E-state index in [0.29, 0.717) is 11.3 Å². The zero-order chi connectivity index (χ0) is 23.3. The zero-order valence-electron chi connectivity index (χ0n) is 18.2. The monoisotopic (exact) mass is 434 g/mol. The Hall–Kier alpha value is -5.06. The second-order valence-electron chi connectivity index (χ2n) is 7.79. The number of hydrogen-bond donors (Lipinski definition) is 0. The molecule has 0 spiro atoms. The smallest absolute Gasteiger partial charge is 0.187 e. The maximum atomic E-state index is 8.96. The average Bonchev–Trinajstić information content (AvgIpc) is 2.91. The molecule has 5 aromatic rings. The van der Waals surface area contributed by atoms with Crippen LogP contribution in [0.5, 0.6) is 0 Å². The summed E-state index contributed by atoms with van der Waals surface area (Å²) in [7, 11) is 0. The lowest BCUT2D eigenvalue weighted by atomic mass is 10.1. The van der Waals surface area contributed by atoms with Crippen LogP contribution in [0.2, 0.25) is 0 Å². The summed E-state index contributed by atoms with van der Waals surface area (Å²) in [6, 6.07) is 29.3. The van der Waals surface area contributed by atoms with Crippen molar-refractivity contribution >= 4 is 51.8 Å². The van der Waals surface area contributed by atoms with Gasteiger partial charge in [0.25, 0.3) is 0 Å². The van der Waals surface area contributed by atoms with Gasteiger partial charge in [0.2, 0.25) is 0 Å². The van der Waals surface area contributed by atoms with Gasteiger partial charge in [0.1, 0.15) is 0 Å². The Kier molecular flexibility index (Phi) is 5.64. The van der Waals surface area contributed by atoms with Crippen molar-refractivity contribution in [2.45, 2.75) is 0 Å². The fourth-order valence-corrected chi connectivity index (χ4v) is 3.68. The number of hydrogen-bond acceptors (Lipinski definition) is 3. The van der Waals surface area contributed by atoms with Crippen molar-refractivity contribution in [3.63, 3.8) is 0 Å². The van der Waals surface area contributed by atoms with Gasteiger partial charge in [-0.1, -0.05) is 72.8 Å². The molecular formula is C30H18N4. The molecule has 4 nitrogen and oxygen atoms in total. The molecule has 0 N–H and O–H groups in total. The fourth-order valence-electron chi connectivity index (χ4n) is 3.68. The summed E-state index contributed by atoms with van der Waals surface area (Å²) in [4.78, 5) is 13.2. The van der Waals surface area contributed by atoms with Gasteiger partial charge in [-0.15, -0.1) is 0 Å². The third-order valence-corrected chi connectivity index (χ3v) is 5.52. The first kappa shape index (κ1) is 20.8. The highest BCUT2D eigenvalue weighted by Gasteiger charge is 2.05. The summed E-state index contributed by atoms with van der Waals surface area (Å²) in [5, 5.41) is 11.0. The topological polar surface area (TPSA) is 53.9 Å². The summed E-state index contributed by atoms with van der Waals surface area (Å²) >= 11 is 0. The van der Waals surface area contributed by atoms with Gasteiger partial charge >= 0.3 is 0 Å². The Morgan fingerprint density at radius 1 is 0.618 bits per heavy atom. The van der Waals surface area contributed by atoms with Crippen LogP contribution in [0, 0.1) is 17.9 Å². The number of nitrogens with zero attached hydrogens (tertiary/aromatic N) is 4. The van der Waals surface area contributed by atoms with E-state index in [2.05, 4.69) is 35.2 Å². The van der Waals surface area contributed by atoms with E-state index in [1.54, 1.807) is 12.1 Å². The predicted octanol–water partition coefficient (Wildman–Crippen LogP) is 7.55. The zero-order valence-corrected chi connectivity index (χ0v) is 18.2. The number of nitriles is 1. The van der Waals surface area contributed by atoms with E-state index in [1.807, 2.05) is 72.8 Å². The van der Waals surface area contributed by atoms with Crippen LogP contribution in [0.15, 0.2) is 84.9 Å². The van der Waals surface area contributed by atoms with Gasteiger partial charge in [0, 0.05) is 10.8 Å². The molecule has 34 heavy (non-hydrogen) atoms. The van der Waals surface area contributed by atoms with Gasteiger partial charge < -0.3 is 0 Å². The quantitative estimate of drug-likeness (QED) is 0.217. The minimum absolute atomic E-state index is 0.627. The average molecular weight is 435 g/mol. The molecule has 0 unspecified atom stereocenters. The first-order valence-corrected chi connectivity index (χ1v) is 10.8. The van der Waals surface area contributed by atoms with E-state index in [0.717, 1.165) is 44.3 Å². The molecule has 0 aliphatic rings. The summed E-state index contributed by atoms with van der Waals surface area (Å²) in [6.07, 6.45) is 7.92. The molecule has 3 aromatic carbocycles. The lowest BCUT2D eigenvalue weighted by molar-refractivity contribution is 1.34. The maximum absolute atomic E-state index is 8.96. The summed E-state index contributed by atoms with van der Waals surface area (Å²) < 4.78 is 0. The third kappa shape index (κ3) is 4.43. The van der Waals surface area contributed by atoms with Gasteiger partial charge in [-0.25, -0.2) is 14.8 Å². The maximum Gasteiger partial charge on any atom is 0.187 e. The van der Waals surface area contributed by atoms with E-state index in [9.17, 15) is 0 Å². The van der Waals surface area contributed by atoms with E-state index < -0.39 is 0 Å². The largest absolute Gasteiger partial charge is 0.246 e. The molecule has 0 saturated heterocycles. The van der Waals surface area contributed by atoms with Crippen LogP contribution in [0.1, 0.15) is 28.1 Å². The van der Waals surface area contributed by atoms with E-state index in [4.69, 9.17) is 21.8 Å². The van der Waals surface area contributed by atoms with Crippen LogP contribution in [0.25, 0.3) is 51.0 Å². The van der Waals surface area contributed by atoms with E-state index in [1.165, 1.54) is 0 Å². The molecular weight excluding hydrogens is 416 g/mol. The minimum atomic E-state index is 0.627. The fraction of sp³-hybridized carbons (Fsp3) is 0. The number of pyridine rings is 2. The number of fused-ring (bicyclic) bond motifs is 3. The van der Waals surface area contributed by atoms with Gasteiger partial charge in [0.15, 0.2) is 5.69 Å². The third-order valence-electron chi connectivity index (χ3n) is 5.52. The Morgan fingerprint density at radius 2 is 1.09 bits per heavy atom. The molecule has 0 aliphatic carbocycles. The Morgan fingerprint density at radius 3 is 1.56 bits per heavy atom. The highest BCUT2D eigenvalue weighted by molar-refractivity contribution is 6.03. The van der Waals surface area contributed by atoms with Crippen molar-refractivity contribution in [2.75, 3.05) is 0 Å². The van der Waals surface area contributed by atoms with E-state index >= 15 is 0 Å². The SMILES string of the molecule is [C-]#[N+]c1ccc(/C=C/c2ccc3ccc4ccc(/C=C/c5ccc(C#N)cc5)nc4c3n2)cc1. The van der Waals surface area contributed by atoms with Crippen molar-refractivity contribution in [3.8, 4) is 6.07 Å². The van der Waals surface area contributed by atoms with Crippen molar-refractivity contribution in [1.82, 2.24) is 9.97 Å². The van der Waals surface area contributed by atoms with Crippen molar-refractivity contribution in [1.29, 1.82) is 5.26 Å². The van der Waals surface area contributed by atoms with Gasteiger partial charge in [-0.05, 0) is 47.5 Å². The predicted molar refractivity (Wildman–Crippen MR) is 139 cm³/mol. The highest BCUT2D eigenvalue weighted by atomic mass is 14.8. The number of benzene rings is 3. The van der Waals surface area contributed by atoms with Crippen LogP contribution in [-0.2, 0) is 0 Å². The molecule has 2 heterocycles. The Labute approximate surface area is 197 Å². The Bertz CT molecular complexity index is 1520. The summed E-state index contributed by atoms with van der Waals surface area (Å²) in [5.74, 6) is 0. The standard InChI is InChI=1S/C30H18N4/c1-32-26-14-6-22(7-15-26)9-17-28-19-13-25-11-10-24-12-18-27(33-29(24)30(25)34-28)16-8-21-2-4-23(20-31)5-3-21/h2-19H/b16-8+,17-9+. The molecule has 0 amide bonds. The van der Waals surface area contributed by atoms with Crippen LogP contribution in [0.3, 0.4) is 0 Å². The first-order chi connectivity index (χ1) is 16.7. The first-order valence-electron chi connectivity index (χ1n) is 10.8. The molecule has 0 bridgehead atoms. The molecule has 5 rings (SSSR count). The second-order valence-corrected chi connectivity index (χ2v) is 7.79. The van der Waals surface area contributed by atoms with Gasteiger partial charge in [-0.3, -0.25) is 0 Å². The van der Waals surface area contributed by atoms with Crippen LogP contribution in [0.4, 0.5) is 5.69 Å². The van der Waals surface area contributed by atoms with E-state index in [-0.39, 0.29) is 0 Å². The van der Waals surface area contributed by atoms with Crippen LogP contribution in [-0.4, -0.2) is 9.97 Å². The second kappa shape index (κ2) is 9.20. The van der Waals surface area contributed by atoms with Crippen LogP contribution >= 0.6 is 0 Å². The van der Waals surface area contributed by atoms with Crippen molar-refractivity contribution in [3.05, 3.63) is 124 Å². The van der Waals surface area contributed by atoms with Crippen molar-refractivity contribution < 1.29 is 0 Å². The van der Waals surface area contributed by atoms with Crippen LogP contribution < -0.4 is 0 Å². The normalized spacial score (nSPS) is 11.2. The minimum Gasteiger partial charge on any atom is -0.246 e. The summed E-state index contributed by atoms with van der Waals surface area (Å²) in [5.41, 5.74) is 6.69. The number of rotatable bonds is 4. The molecule has 0 saturated carbocycles. The Balaban J connectivity index is 1.48. The number of aromatic nitrogens is 2. The van der Waals surface area contributed by atoms with Gasteiger partial charge in [-0.2, -0.15) is 5.26 Å². The molecule has 4 heteroatoms. The van der Waals surface area contributed by atoms with Crippen molar-refractivity contribution in [2.24, 2.45) is 0 Å². The molecule has 158 valence electrons. The molecule has 0 aliphatic heterocycles. The lowest BCUT2D eigenvalue weighted by Gasteiger charge is -2.05. The molecule has 2 aromatic heterocycles. The summed E-state index contributed by atoms with van der Waals surface area (Å²) in [6.45, 7) is 7.07. The molecule has 0 radical (unpaired) electrons. The lowest BCUT2D eigenvalue weighted by Crippen LogP contribution is -1.90. The van der Waals surface area contributed by atoms with Gasteiger partial charge in [0.05, 0.1) is 40.6 Å². The molecule has 0 fully saturated rings. The molecule has 0 atom stereocenters. The highest BCUT2D eigenvalue weighted by Crippen LogP contribution is 2.24.